The third-order valence-corrected chi connectivity index (χ3v) is 7.38. The van der Waals surface area contributed by atoms with Crippen LogP contribution in [0.15, 0.2) is 95.4 Å². The van der Waals surface area contributed by atoms with E-state index in [-0.39, 0.29) is 17.5 Å². The van der Waals surface area contributed by atoms with E-state index >= 15 is 0 Å². The number of piperazine rings is 1. The molecule has 218 valence electrons. The van der Waals surface area contributed by atoms with Crippen molar-refractivity contribution in [1.29, 1.82) is 0 Å². The molecular weight excluding hydrogens is 568 g/mol. The number of nitro benzene ring substituents is 1. The Balaban J connectivity index is 1.14. The molecule has 0 radical (unpaired) electrons. The molecule has 1 aliphatic heterocycles. The van der Waals surface area contributed by atoms with Gasteiger partial charge >= 0.3 is 0 Å². The highest BCUT2D eigenvalue weighted by Gasteiger charge is 2.21. The summed E-state index contributed by atoms with van der Waals surface area (Å²) in [7, 11) is 0. The van der Waals surface area contributed by atoms with E-state index in [9.17, 15) is 19.7 Å². The van der Waals surface area contributed by atoms with Crippen molar-refractivity contribution in [2.75, 3.05) is 36.4 Å². The smallest absolute Gasteiger partial charge is 0.269 e. The van der Waals surface area contributed by atoms with Gasteiger partial charge in [0.1, 0.15) is 11.5 Å². The van der Waals surface area contributed by atoms with Crippen molar-refractivity contribution in [3.8, 4) is 11.3 Å². The molecule has 1 fully saturated rings. The van der Waals surface area contributed by atoms with Crippen molar-refractivity contribution in [3.63, 3.8) is 0 Å². The molecule has 43 heavy (non-hydrogen) atoms. The van der Waals surface area contributed by atoms with Gasteiger partial charge in [0.25, 0.3) is 5.69 Å². The SMILES string of the molecule is Cc1cc([N+](=O)[O-])ccc1-c1ccc(/C=C/C(=O)Nc2ccc(N3CCN(C(=O)/C=C/c4ccccc4)CC3)c(Cl)c2)o1. The lowest BCUT2D eigenvalue weighted by atomic mass is 10.1. The van der Waals surface area contributed by atoms with E-state index in [0.29, 0.717) is 54.0 Å². The Kier molecular flexibility index (Phi) is 9.02. The minimum Gasteiger partial charge on any atom is -0.457 e. The van der Waals surface area contributed by atoms with Gasteiger partial charge in [-0.15, -0.1) is 0 Å². The fourth-order valence-electron chi connectivity index (χ4n) is 4.81. The second kappa shape index (κ2) is 13.2. The number of hydrogen-bond donors (Lipinski definition) is 1. The van der Waals surface area contributed by atoms with Gasteiger partial charge in [-0.25, -0.2) is 0 Å². The summed E-state index contributed by atoms with van der Waals surface area (Å²) < 4.78 is 5.82. The van der Waals surface area contributed by atoms with Gasteiger partial charge in [-0.2, -0.15) is 0 Å². The molecule has 5 rings (SSSR count). The summed E-state index contributed by atoms with van der Waals surface area (Å²) in [6.45, 7) is 4.22. The first kappa shape index (κ1) is 29.3. The molecule has 0 atom stereocenters. The van der Waals surface area contributed by atoms with Crippen LogP contribution in [-0.2, 0) is 9.59 Å². The Morgan fingerprint density at radius 3 is 2.40 bits per heavy atom. The summed E-state index contributed by atoms with van der Waals surface area (Å²) in [5.41, 5.74) is 3.82. The molecule has 0 spiro atoms. The monoisotopic (exact) mass is 596 g/mol. The van der Waals surface area contributed by atoms with Gasteiger partial charge in [0, 0.05) is 61.7 Å². The van der Waals surface area contributed by atoms with Crippen LogP contribution in [0, 0.1) is 17.0 Å². The zero-order valence-electron chi connectivity index (χ0n) is 23.4. The number of amides is 2. The highest BCUT2D eigenvalue weighted by Crippen LogP contribution is 2.31. The van der Waals surface area contributed by atoms with Gasteiger partial charge in [0.2, 0.25) is 11.8 Å². The summed E-state index contributed by atoms with van der Waals surface area (Å²) in [4.78, 5) is 39.7. The van der Waals surface area contributed by atoms with Crippen molar-refractivity contribution in [2.45, 2.75) is 6.92 Å². The number of nitro groups is 1. The maximum Gasteiger partial charge on any atom is 0.269 e. The minimum atomic E-state index is -0.441. The van der Waals surface area contributed by atoms with Crippen molar-refractivity contribution < 1.29 is 18.9 Å². The van der Waals surface area contributed by atoms with Gasteiger partial charge < -0.3 is 19.5 Å². The molecular formula is C33H29ClN4O5. The van der Waals surface area contributed by atoms with Crippen LogP contribution in [0.3, 0.4) is 0 Å². The van der Waals surface area contributed by atoms with Gasteiger partial charge in [-0.3, -0.25) is 19.7 Å². The fourth-order valence-corrected chi connectivity index (χ4v) is 5.11. The average Bonchev–Trinajstić information content (AvgIpc) is 3.48. The van der Waals surface area contributed by atoms with Gasteiger partial charge in [-0.05, 0) is 66.6 Å². The van der Waals surface area contributed by atoms with E-state index < -0.39 is 4.92 Å². The number of rotatable bonds is 8. The standard InChI is InChI=1S/C33H29ClN4O5/c1-23-21-26(38(41)42)9-12-28(23)31-14-10-27(43-31)11-15-32(39)35-25-8-13-30(29(34)22-25)36-17-19-37(20-18-36)33(40)16-7-24-5-3-2-4-6-24/h2-16,21-22H,17-20H2,1H3,(H,35,39)/b15-11+,16-7+. The van der Waals surface area contributed by atoms with Crippen LogP contribution in [-0.4, -0.2) is 47.8 Å². The first-order chi connectivity index (χ1) is 20.8. The number of nitrogens with zero attached hydrogens (tertiary/aromatic N) is 3. The lowest BCUT2D eigenvalue weighted by molar-refractivity contribution is -0.384. The number of carbonyl (C=O) groups excluding carboxylic acids is 2. The number of hydrogen-bond acceptors (Lipinski definition) is 6. The Bertz CT molecular complexity index is 1710. The highest BCUT2D eigenvalue weighted by molar-refractivity contribution is 6.33. The summed E-state index contributed by atoms with van der Waals surface area (Å²) >= 11 is 6.58. The summed E-state index contributed by atoms with van der Waals surface area (Å²) in [5.74, 6) is 0.630. The number of aryl methyl sites for hydroxylation is 1. The molecule has 3 aromatic carbocycles. The van der Waals surface area contributed by atoms with Crippen LogP contribution < -0.4 is 10.2 Å². The molecule has 2 amide bonds. The number of benzene rings is 3. The number of nitrogens with one attached hydrogen (secondary N) is 1. The highest BCUT2D eigenvalue weighted by atomic mass is 35.5. The molecule has 9 nitrogen and oxygen atoms in total. The number of non-ortho nitro benzene ring substituents is 1. The van der Waals surface area contributed by atoms with Crippen molar-refractivity contribution >= 4 is 52.6 Å². The fraction of sp³-hybridized carbons (Fsp3) is 0.152. The molecule has 0 aliphatic carbocycles. The molecule has 0 saturated carbocycles. The molecule has 1 N–H and O–H groups in total. The third-order valence-electron chi connectivity index (χ3n) is 7.08. The number of halogens is 1. The van der Waals surface area contributed by atoms with E-state index in [1.54, 1.807) is 49.4 Å². The van der Waals surface area contributed by atoms with Gasteiger partial charge in [-0.1, -0.05) is 41.9 Å². The molecule has 1 aromatic heterocycles. The third kappa shape index (κ3) is 7.38. The van der Waals surface area contributed by atoms with E-state index in [4.69, 9.17) is 16.0 Å². The predicted octanol–water partition coefficient (Wildman–Crippen LogP) is 6.83. The van der Waals surface area contributed by atoms with Crippen LogP contribution in [0.5, 0.6) is 0 Å². The molecule has 0 bridgehead atoms. The minimum absolute atomic E-state index is 0.0135. The van der Waals surface area contributed by atoms with E-state index in [0.717, 1.165) is 16.8 Å². The number of furan rings is 1. The number of carbonyl (C=O) groups is 2. The number of anilines is 2. The zero-order chi connectivity index (χ0) is 30.3. The molecule has 2 heterocycles. The Hall–Kier alpha value is -5.15. The van der Waals surface area contributed by atoms with Crippen molar-refractivity contribution in [1.82, 2.24) is 4.90 Å². The quantitative estimate of drug-likeness (QED) is 0.136. The molecule has 0 unspecified atom stereocenters. The lowest BCUT2D eigenvalue weighted by Crippen LogP contribution is -2.48. The average molecular weight is 597 g/mol. The van der Waals surface area contributed by atoms with Gasteiger partial charge in [0.15, 0.2) is 0 Å². The lowest BCUT2D eigenvalue weighted by Gasteiger charge is -2.36. The van der Waals surface area contributed by atoms with E-state index in [1.807, 2.05) is 47.4 Å². The van der Waals surface area contributed by atoms with Crippen LogP contribution in [0.1, 0.15) is 16.9 Å². The topological polar surface area (TPSA) is 109 Å². The first-order valence-electron chi connectivity index (χ1n) is 13.7. The molecule has 1 saturated heterocycles. The largest absolute Gasteiger partial charge is 0.457 e. The summed E-state index contributed by atoms with van der Waals surface area (Å²) in [5, 5.41) is 14.3. The van der Waals surface area contributed by atoms with Crippen LogP contribution in [0.25, 0.3) is 23.5 Å². The van der Waals surface area contributed by atoms with Crippen LogP contribution in [0.2, 0.25) is 5.02 Å². The second-order valence-electron chi connectivity index (χ2n) is 10.0. The second-order valence-corrected chi connectivity index (χ2v) is 10.4. The normalized spacial score (nSPS) is 13.5. The zero-order valence-corrected chi connectivity index (χ0v) is 24.2. The van der Waals surface area contributed by atoms with Crippen molar-refractivity contribution in [2.24, 2.45) is 0 Å². The Morgan fingerprint density at radius 1 is 0.930 bits per heavy atom. The molecule has 4 aromatic rings. The first-order valence-corrected chi connectivity index (χ1v) is 14.1. The van der Waals surface area contributed by atoms with E-state index in [2.05, 4.69) is 10.2 Å². The van der Waals surface area contributed by atoms with Crippen LogP contribution >= 0.6 is 11.6 Å². The Morgan fingerprint density at radius 2 is 1.70 bits per heavy atom. The maximum atomic E-state index is 12.6. The van der Waals surface area contributed by atoms with Crippen LogP contribution in [0.4, 0.5) is 17.1 Å². The molecule has 10 heteroatoms. The van der Waals surface area contributed by atoms with Crippen molar-refractivity contribution in [3.05, 3.63) is 123 Å². The Labute approximate surface area is 253 Å². The summed E-state index contributed by atoms with van der Waals surface area (Å²) in [6.07, 6.45) is 6.33. The van der Waals surface area contributed by atoms with E-state index in [1.165, 1.54) is 18.2 Å². The van der Waals surface area contributed by atoms with Gasteiger partial charge in [0.05, 0.1) is 15.6 Å². The maximum absolute atomic E-state index is 12.6. The predicted molar refractivity (Wildman–Crippen MR) is 169 cm³/mol. The summed E-state index contributed by atoms with van der Waals surface area (Å²) in [6, 6.07) is 23.1. The molecule has 1 aliphatic rings.